The van der Waals surface area contributed by atoms with Crippen LogP contribution in [-0.2, 0) is 4.79 Å². The van der Waals surface area contributed by atoms with Crippen molar-refractivity contribution < 1.29 is 9.59 Å². The van der Waals surface area contributed by atoms with Crippen LogP contribution >= 0.6 is 11.3 Å². The van der Waals surface area contributed by atoms with Crippen LogP contribution in [0.5, 0.6) is 0 Å². The molecule has 0 radical (unpaired) electrons. The fourth-order valence-electron chi connectivity index (χ4n) is 4.35. The topological polar surface area (TPSA) is 64.4 Å². The Bertz CT molecular complexity index is 1180. The van der Waals surface area contributed by atoms with Crippen LogP contribution in [0.1, 0.15) is 52.2 Å². The van der Waals surface area contributed by atoms with E-state index in [0.29, 0.717) is 23.4 Å². The number of benzene rings is 2. The molecule has 0 spiro atoms. The highest BCUT2D eigenvalue weighted by Gasteiger charge is 2.45. The molecule has 162 valence electrons. The lowest BCUT2D eigenvalue weighted by Crippen LogP contribution is -2.48. The van der Waals surface area contributed by atoms with Gasteiger partial charge in [-0.3, -0.25) is 9.59 Å². The van der Waals surface area contributed by atoms with Crippen LogP contribution in [0.4, 0.5) is 5.69 Å². The van der Waals surface area contributed by atoms with Gasteiger partial charge in [0.25, 0.3) is 5.91 Å². The Balaban J connectivity index is 1.86. The molecule has 4 rings (SSSR count). The first kappa shape index (κ1) is 21.8. The minimum atomic E-state index is -0.544. The van der Waals surface area contributed by atoms with E-state index in [2.05, 4.69) is 19.9 Å². The quantitative estimate of drug-likeness (QED) is 0.543. The molecule has 2 aromatic carbocycles. The van der Waals surface area contributed by atoms with Crippen molar-refractivity contribution in [2.24, 2.45) is 5.92 Å². The van der Waals surface area contributed by atoms with Gasteiger partial charge in [0.05, 0.1) is 23.6 Å². The van der Waals surface area contributed by atoms with E-state index in [-0.39, 0.29) is 23.8 Å². The van der Waals surface area contributed by atoms with Crippen molar-refractivity contribution in [3.8, 4) is 6.07 Å². The summed E-state index contributed by atoms with van der Waals surface area (Å²) in [4.78, 5) is 32.0. The second-order valence-electron chi connectivity index (χ2n) is 8.44. The number of hydrogen-bond donors (Lipinski definition) is 0. The molecular weight excluding hydrogens is 418 g/mol. The summed E-state index contributed by atoms with van der Waals surface area (Å²) in [6.07, 6.45) is 0. The summed E-state index contributed by atoms with van der Waals surface area (Å²) < 4.78 is 0. The van der Waals surface area contributed by atoms with E-state index in [9.17, 15) is 14.9 Å². The highest BCUT2D eigenvalue weighted by atomic mass is 32.1. The molecule has 32 heavy (non-hydrogen) atoms. The van der Waals surface area contributed by atoms with E-state index in [1.807, 2.05) is 52.7 Å². The zero-order valence-corrected chi connectivity index (χ0v) is 19.2. The predicted octanol–water partition coefficient (Wildman–Crippen LogP) is 5.22. The molecule has 2 heterocycles. The van der Waals surface area contributed by atoms with Gasteiger partial charge in [-0.15, -0.1) is 11.3 Å². The number of thiophene rings is 1. The first-order valence-corrected chi connectivity index (χ1v) is 11.5. The Morgan fingerprint density at radius 3 is 2.62 bits per heavy atom. The van der Waals surface area contributed by atoms with Crippen LogP contribution in [0.3, 0.4) is 0 Å². The molecule has 6 heteroatoms. The van der Waals surface area contributed by atoms with Crippen LogP contribution in [0.15, 0.2) is 66.0 Å². The van der Waals surface area contributed by atoms with Crippen molar-refractivity contribution in [2.75, 3.05) is 18.5 Å². The monoisotopic (exact) mass is 443 g/mol. The summed E-state index contributed by atoms with van der Waals surface area (Å²) in [6.45, 7) is 4.72. The molecule has 5 nitrogen and oxygen atoms in total. The zero-order chi connectivity index (χ0) is 22.8. The second kappa shape index (κ2) is 8.97. The largest absolute Gasteiger partial charge is 0.329 e. The van der Waals surface area contributed by atoms with Gasteiger partial charge in [0, 0.05) is 29.7 Å². The molecule has 0 bridgehead atoms. The Labute approximate surface area is 192 Å². The third-order valence-corrected chi connectivity index (χ3v) is 6.74. The van der Waals surface area contributed by atoms with Gasteiger partial charge in [0.15, 0.2) is 0 Å². The van der Waals surface area contributed by atoms with Crippen LogP contribution in [0.2, 0.25) is 0 Å². The Kier molecular flexibility index (Phi) is 6.11. The summed E-state index contributed by atoms with van der Waals surface area (Å²) in [5, 5.41) is 11.3. The standard InChI is InChI=1S/C26H25N3O2S/c1-17(2)16-29-24(22-12-7-13-32-22)23(20-10-4-5-11-21(20)25(29)30)26(31)28(3)19-9-6-8-18(14-19)15-27/h4-14,17,23-24H,16H2,1-3H3/t23-,24+/m0/s1. The maximum absolute atomic E-state index is 14.0. The lowest BCUT2D eigenvalue weighted by Gasteiger charge is -2.43. The number of anilines is 1. The van der Waals surface area contributed by atoms with E-state index < -0.39 is 5.92 Å². The van der Waals surface area contributed by atoms with Crippen molar-refractivity contribution >= 4 is 28.8 Å². The second-order valence-corrected chi connectivity index (χ2v) is 9.42. The van der Waals surface area contributed by atoms with Crippen LogP contribution in [0, 0.1) is 17.2 Å². The van der Waals surface area contributed by atoms with Crippen molar-refractivity contribution in [3.63, 3.8) is 0 Å². The third-order valence-electron chi connectivity index (χ3n) is 5.79. The minimum absolute atomic E-state index is 0.0362. The molecule has 0 saturated carbocycles. The average molecular weight is 444 g/mol. The highest BCUT2D eigenvalue weighted by Crippen LogP contribution is 2.45. The van der Waals surface area contributed by atoms with Crippen LogP contribution in [-0.4, -0.2) is 30.3 Å². The average Bonchev–Trinajstić information content (AvgIpc) is 3.34. The van der Waals surface area contributed by atoms with Gasteiger partial charge in [-0.25, -0.2) is 0 Å². The van der Waals surface area contributed by atoms with E-state index in [1.54, 1.807) is 41.5 Å². The van der Waals surface area contributed by atoms with Gasteiger partial charge in [0.2, 0.25) is 5.91 Å². The lowest BCUT2D eigenvalue weighted by molar-refractivity contribution is -0.121. The van der Waals surface area contributed by atoms with Gasteiger partial charge >= 0.3 is 0 Å². The lowest BCUT2D eigenvalue weighted by atomic mass is 9.80. The molecule has 1 aliphatic heterocycles. The van der Waals surface area contributed by atoms with Crippen LogP contribution < -0.4 is 4.90 Å². The molecule has 0 unspecified atom stereocenters. The molecule has 0 saturated heterocycles. The number of amides is 2. The van der Waals surface area contributed by atoms with E-state index in [0.717, 1.165) is 10.4 Å². The molecule has 0 N–H and O–H groups in total. The smallest absolute Gasteiger partial charge is 0.254 e. The van der Waals surface area contributed by atoms with Crippen molar-refractivity contribution in [3.05, 3.63) is 87.6 Å². The van der Waals surface area contributed by atoms with Crippen molar-refractivity contribution in [1.29, 1.82) is 5.26 Å². The van der Waals surface area contributed by atoms with Crippen molar-refractivity contribution in [1.82, 2.24) is 4.90 Å². The van der Waals surface area contributed by atoms with Gasteiger partial charge < -0.3 is 9.80 Å². The number of carbonyl (C=O) groups excluding carboxylic acids is 2. The fourth-order valence-corrected chi connectivity index (χ4v) is 5.22. The number of fused-ring (bicyclic) bond motifs is 1. The van der Waals surface area contributed by atoms with E-state index in [4.69, 9.17) is 0 Å². The molecule has 3 aromatic rings. The Morgan fingerprint density at radius 1 is 1.16 bits per heavy atom. The maximum atomic E-state index is 14.0. The molecule has 1 aliphatic rings. The maximum Gasteiger partial charge on any atom is 0.254 e. The first-order chi connectivity index (χ1) is 15.4. The first-order valence-electron chi connectivity index (χ1n) is 10.6. The van der Waals surface area contributed by atoms with Gasteiger partial charge in [0.1, 0.15) is 0 Å². The van der Waals surface area contributed by atoms with Gasteiger partial charge in [-0.1, -0.05) is 44.2 Å². The predicted molar refractivity (Wildman–Crippen MR) is 127 cm³/mol. The number of nitrogens with zero attached hydrogens (tertiary/aromatic N) is 3. The van der Waals surface area contributed by atoms with Gasteiger partial charge in [-0.2, -0.15) is 5.26 Å². The summed E-state index contributed by atoms with van der Waals surface area (Å²) in [6, 6.07) is 20.2. The molecule has 1 aromatic heterocycles. The number of rotatable bonds is 5. The van der Waals surface area contributed by atoms with E-state index in [1.165, 1.54) is 0 Å². The van der Waals surface area contributed by atoms with Gasteiger partial charge in [-0.05, 0) is 47.2 Å². The zero-order valence-electron chi connectivity index (χ0n) is 18.4. The normalized spacial score (nSPS) is 17.7. The summed E-state index contributed by atoms with van der Waals surface area (Å²) >= 11 is 1.56. The SMILES string of the molecule is CC(C)CN1C(=O)c2ccccc2[C@H](C(=O)N(C)c2cccc(C#N)c2)[C@H]1c1cccs1. The Morgan fingerprint density at radius 2 is 1.94 bits per heavy atom. The summed E-state index contributed by atoms with van der Waals surface area (Å²) in [5.41, 5.74) is 2.49. The molecule has 0 fully saturated rings. The van der Waals surface area contributed by atoms with Crippen molar-refractivity contribution in [2.45, 2.75) is 25.8 Å². The molecular formula is C26H25N3O2S. The van der Waals surface area contributed by atoms with E-state index >= 15 is 0 Å². The summed E-state index contributed by atoms with van der Waals surface area (Å²) in [5.74, 6) is -0.428. The molecule has 2 amide bonds. The molecule has 0 aliphatic carbocycles. The highest BCUT2D eigenvalue weighted by molar-refractivity contribution is 7.10. The van der Waals surface area contributed by atoms with Crippen LogP contribution in [0.25, 0.3) is 0 Å². The number of hydrogen-bond acceptors (Lipinski definition) is 4. The summed E-state index contributed by atoms with van der Waals surface area (Å²) in [7, 11) is 1.73. The third kappa shape index (κ3) is 3.92. The minimum Gasteiger partial charge on any atom is -0.329 e. The Hall–Kier alpha value is -3.43. The fraction of sp³-hybridized carbons (Fsp3) is 0.269. The number of likely N-dealkylation sites (N-methyl/N-ethyl adjacent to an activating group) is 1. The number of carbonyl (C=O) groups is 2. The number of nitriles is 1. The molecule has 2 atom stereocenters.